The number of aromatic hydroxyl groups is 1. The summed E-state index contributed by atoms with van der Waals surface area (Å²) in [7, 11) is 0. The van der Waals surface area contributed by atoms with E-state index in [1.54, 1.807) is 6.07 Å². The van der Waals surface area contributed by atoms with E-state index in [-0.39, 0.29) is 27.5 Å². The number of aliphatic hydroxyl groups is 1. The molecule has 0 fully saturated rings. The predicted octanol–water partition coefficient (Wildman–Crippen LogP) is 3.22. The first-order valence-electron chi connectivity index (χ1n) is 7.11. The van der Waals surface area contributed by atoms with Crippen molar-refractivity contribution in [2.45, 2.75) is 20.1 Å². The first-order chi connectivity index (χ1) is 12.2. The minimum Gasteiger partial charge on any atom is -0.493 e. The van der Waals surface area contributed by atoms with Gasteiger partial charge in [0.1, 0.15) is 17.9 Å². The van der Waals surface area contributed by atoms with Crippen LogP contribution in [0.1, 0.15) is 24.3 Å². The van der Waals surface area contributed by atoms with Crippen LogP contribution in [0.15, 0.2) is 33.2 Å². The molecule has 2 N–H and O–H groups in total. The quantitative estimate of drug-likeness (QED) is 0.473. The zero-order valence-corrected chi connectivity index (χ0v) is 14.3. The molecular weight excluding hydrogens is 366 g/mol. The van der Waals surface area contributed by atoms with E-state index in [9.17, 15) is 30.4 Å². The van der Waals surface area contributed by atoms with Gasteiger partial charge in [-0.25, -0.2) is 4.57 Å². The summed E-state index contributed by atoms with van der Waals surface area (Å²) in [6, 6.07) is 5.40. The molecular formula is C15H12ClN5O5. The molecule has 1 heterocycles. The number of rotatable bonds is 4. The minimum absolute atomic E-state index is 0.0206. The van der Waals surface area contributed by atoms with Crippen molar-refractivity contribution >= 4 is 28.7 Å². The molecule has 0 spiro atoms. The van der Waals surface area contributed by atoms with Crippen molar-refractivity contribution in [1.82, 2.24) is 4.57 Å². The molecule has 1 unspecified atom stereocenters. The number of nitro benzene ring substituents is 1. The lowest BCUT2D eigenvalue weighted by Crippen LogP contribution is -2.24. The highest BCUT2D eigenvalue weighted by Crippen LogP contribution is 2.33. The predicted molar refractivity (Wildman–Crippen MR) is 91.0 cm³/mol. The number of aromatic nitrogens is 1. The average Bonchev–Trinajstić information content (AvgIpc) is 2.55. The fourth-order valence-electron chi connectivity index (χ4n) is 2.21. The second-order valence-electron chi connectivity index (χ2n) is 5.18. The number of aliphatic hydroxyl groups excluding tert-OH is 1. The first kappa shape index (κ1) is 19.0. The van der Waals surface area contributed by atoms with Crippen molar-refractivity contribution in [3.05, 3.63) is 54.8 Å². The lowest BCUT2D eigenvalue weighted by Gasteiger charge is -2.14. The second kappa shape index (κ2) is 7.30. The second-order valence-corrected chi connectivity index (χ2v) is 5.62. The Balaban J connectivity index is 2.70. The van der Waals surface area contributed by atoms with Gasteiger partial charge in [-0.3, -0.25) is 14.9 Å². The third kappa shape index (κ3) is 3.39. The Hall–Kier alpha value is -3.29. The molecule has 11 heteroatoms. The monoisotopic (exact) mass is 377 g/mol. The summed E-state index contributed by atoms with van der Waals surface area (Å²) in [5.41, 5.74) is -2.08. The maximum Gasteiger partial charge on any atom is 0.298 e. The maximum absolute atomic E-state index is 12.4. The van der Waals surface area contributed by atoms with Gasteiger partial charge in [0, 0.05) is 16.7 Å². The van der Waals surface area contributed by atoms with Gasteiger partial charge in [0.15, 0.2) is 11.4 Å². The topological polar surface area (TPSA) is 154 Å². The molecule has 1 aromatic carbocycles. The highest BCUT2D eigenvalue weighted by molar-refractivity contribution is 6.30. The van der Waals surface area contributed by atoms with Crippen molar-refractivity contribution in [2.24, 2.45) is 10.2 Å². The van der Waals surface area contributed by atoms with E-state index in [1.165, 1.54) is 26.0 Å². The molecule has 1 atom stereocenters. The molecule has 0 radical (unpaired) electrons. The molecule has 0 amide bonds. The molecule has 0 saturated heterocycles. The van der Waals surface area contributed by atoms with Crippen LogP contribution in [0.5, 0.6) is 5.88 Å². The molecule has 10 nitrogen and oxygen atoms in total. The average molecular weight is 378 g/mol. The summed E-state index contributed by atoms with van der Waals surface area (Å²) in [5.74, 6) is -0.707. The summed E-state index contributed by atoms with van der Waals surface area (Å²) in [5, 5.41) is 47.4. The SMILES string of the molecule is Cc1c(C#N)c(O)n(C(C)O)c(=O)c1N=Nc1ccc(Cl)cc1[N+](=O)[O-]. The molecule has 0 saturated carbocycles. The number of halogens is 1. The van der Waals surface area contributed by atoms with Crippen LogP contribution in [0.2, 0.25) is 5.02 Å². The Bertz CT molecular complexity index is 1020. The van der Waals surface area contributed by atoms with E-state index in [2.05, 4.69) is 10.2 Å². The zero-order chi connectivity index (χ0) is 19.6. The van der Waals surface area contributed by atoms with Gasteiger partial charge >= 0.3 is 0 Å². The minimum atomic E-state index is -1.44. The fourth-order valence-corrected chi connectivity index (χ4v) is 2.37. The first-order valence-corrected chi connectivity index (χ1v) is 7.48. The summed E-state index contributed by atoms with van der Waals surface area (Å²) in [6.07, 6.45) is -1.44. The largest absolute Gasteiger partial charge is 0.493 e. The van der Waals surface area contributed by atoms with E-state index in [0.29, 0.717) is 4.57 Å². The third-order valence-electron chi connectivity index (χ3n) is 3.48. The Morgan fingerprint density at radius 1 is 1.42 bits per heavy atom. The van der Waals surface area contributed by atoms with Crippen molar-refractivity contribution in [1.29, 1.82) is 5.26 Å². The van der Waals surface area contributed by atoms with Crippen LogP contribution in [-0.4, -0.2) is 19.7 Å². The summed E-state index contributed by atoms with van der Waals surface area (Å²) in [6.45, 7) is 2.57. The number of nitriles is 1. The van der Waals surface area contributed by atoms with Crippen LogP contribution in [0.4, 0.5) is 17.1 Å². The number of benzene rings is 1. The molecule has 2 aromatic rings. The number of nitro groups is 1. The number of nitrogens with zero attached hydrogens (tertiary/aromatic N) is 5. The van der Waals surface area contributed by atoms with Gasteiger partial charge in [0.25, 0.3) is 11.2 Å². The van der Waals surface area contributed by atoms with Gasteiger partial charge in [-0.15, -0.1) is 10.2 Å². The molecule has 0 aliphatic heterocycles. The van der Waals surface area contributed by atoms with Gasteiger partial charge in [-0.05, 0) is 26.0 Å². The highest BCUT2D eigenvalue weighted by Gasteiger charge is 2.22. The molecule has 2 rings (SSSR count). The summed E-state index contributed by atoms with van der Waals surface area (Å²) >= 11 is 5.72. The number of pyridine rings is 1. The lowest BCUT2D eigenvalue weighted by atomic mass is 10.1. The summed E-state index contributed by atoms with van der Waals surface area (Å²) in [4.78, 5) is 22.8. The van der Waals surface area contributed by atoms with E-state index >= 15 is 0 Å². The van der Waals surface area contributed by atoms with Crippen molar-refractivity contribution < 1.29 is 15.1 Å². The molecule has 26 heavy (non-hydrogen) atoms. The van der Waals surface area contributed by atoms with Gasteiger partial charge < -0.3 is 10.2 Å². The smallest absolute Gasteiger partial charge is 0.298 e. The Kier molecular flexibility index (Phi) is 5.35. The van der Waals surface area contributed by atoms with Gasteiger partial charge in [-0.2, -0.15) is 5.26 Å². The van der Waals surface area contributed by atoms with Crippen molar-refractivity contribution in [3.63, 3.8) is 0 Å². The molecule has 134 valence electrons. The lowest BCUT2D eigenvalue weighted by molar-refractivity contribution is -0.384. The number of hydrogen-bond donors (Lipinski definition) is 2. The Labute approximate surface area is 151 Å². The van der Waals surface area contributed by atoms with E-state index in [1.807, 2.05) is 0 Å². The standard InChI is InChI=1S/C15H12ClN5O5/c1-7-10(6-17)14(23)20(8(2)22)15(24)13(7)19-18-11-4-3-9(16)5-12(11)21(25)26/h3-5,8,22-23H,1-2H3. The van der Waals surface area contributed by atoms with Crippen LogP contribution in [-0.2, 0) is 0 Å². The van der Waals surface area contributed by atoms with E-state index < -0.39 is 28.3 Å². The van der Waals surface area contributed by atoms with E-state index in [4.69, 9.17) is 11.6 Å². The number of hydrogen-bond acceptors (Lipinski definition) is 8. The third-order valence-corrected chi connectivity index (χ3v) is 3.72. The van der Waals surface area contributed by atoms with Crippen LogP contribution < -0.4 is 5.56 Å². The van der Waals surface area contributed by atoms with Crippen LogP contribution >= 0.6 is 11.6 Å². The van der Waals surface area contributed by atoms with Gasteiger partial charge in [0.05, 0.1) is 4.92 Å². The van der Waals surface area contributed by atoms with Crippen molar-refractivity contribution in [2.75, 3.05) is 0 Å². The summed E-state index contributed by atoms with van der Waals surface area (Å²) < 4.78 is 0.566. The Morgan fingerprint density at radius 3 is 2.62 bits per heavy atom. The highest BCUT2D eigenvalue weighted by atomic mass is 35.5. The van der Waals surface area contributed by atoms with Gasteiger partial charge in [0.2, 0.25) is 5.88 Å². The zero-order valence-electron chi connectivity index (χ0n) is 13.5. The maximum atomic E-state index is 12.4. The normalized spacial score (nSPS) is 12.1. The van der Waals surface area contributed by atoms with Gasteiger partial charge in [-0.1, -0.05) is 11.6 Å². The molecule has 0 bridgehead atoms. The molecule has 0 aliphatic rings. The van der Waals surface area contributed by atoms with Crippen molar-refractivity contribution in [3.8, 4) is 11.9 Å². The van der Waals surface area contributed by atoms with Crippen LogP contribution in [0, 0.1) is 28.4 Å². The van der Waals surface area contributed by atoms with Crippen LogP contribution in [0.3, 0.4) is 0 Å². The molecule has 0 aliphatic carbocycles. The Morgan fingerprint density at radius 2 is 2.08 bits per heavy atom. The molecule has 1 aromatic heterocycles. The fraction of sp³-hybridized carbons (Fsp3) is 0.200. The van der Waals surface area contributed by atoms with Crippen LogP contribution in [0.25, 0.3) is 0 Å². The van der Waals surface area contributed by atoms with E-state index in [0.717, 1.165) is 6.07 Å². The number of azo groups is 1.